The topological polar surface area (TPSA) is 21.1 Å². The van der Waals surface area contributed by atoms with Gasteiger partial charge in [0.2, 0.25) is 0 Å². The first kappa shape index (κ1) is 18.7. The lowest BCUT2D eigenvalue weighted by molar-refractivity contribution is 0.569. The first-order valence-electron chi connectivity index (χ1n) is 10.8. The Bertz CT molecular complexity index is 1000. The molecule has 1 aliphatic rings. The van der Waals surface area contributed by atoms with Crippen LogP contribution in [0.15, 0.2) is 97.2 Å². The average Bonchev–Trinajstić information content (AvgIpc) is 3.41. The van der Waals surface area contributed by atoms with Gasteiger partial charge in [0.25, 0.3) is 0 Å². The van der Waals surface area contributed by atoms with Crippen LogP contribution in [0.3, 0.4) is 0 Å². The number of benzene rings is 3. The van der Waals surface area contributed by atoms with Crippen LogP contribution in [0.25, 0.3) is 0 Å². The highest BCUT2D eigenvalue weighted by Crippen LogP contribution is 2.47. The van der Waals surface area contributed by atoms with Gasteiger partial charge in [-0.3, -0.25) is 0 Å². The highest BCUT2D eigenvalue weighted by Gasteiger charge is 2.45. The van der Waals surface area contributed by atoms with Gasteiger partial charge in [-0.15, -0.1) is 0 Å². The van der Waals surface area contributed by atoms with Crippen LogP contribution in [0.2, 0.25) is 0 Å². The van der Waals surface area contributed by atoms with Gasteiger partial charge in [0.15, 0.2) is 0 Å². The van der Waals surface area contributed by atoms with Gasteiger partial charge in [0, 0.05) is 12.1 Å². The summed E-state index contributed by atoms with van der Waals surface area (Å²) in [5.74, 6) is 1.26. The average molecular weight is 394 g/mol. The van der Waals surface area contributed by atoms with Gasteiger partial charge in [-0.05, 0) is 23.1 Å². The van der Waals surface area contributed by atoms with E-state index in [-0.39, 0.29) is 0 Å². The summed E-state index contributed by atoms with van der Waals surface area (Å²) in [5.41, 5.74) is 4.75. The lowest BCUT2D eigenvalue weighted by Crippen LogP contribution is -2.48. The van der Waals surface area contributed by atoms with Crippen molar-refractivity contribution in [2.45, 2.75) is 31.8 Å². The molecule has 0 amide bonds. The van der Waals surface area contributed by atoms with Gasteiger partial charge < -0.3 is 4.90 Å². The Kier molecular flexibility index (Phi) is 4.88. The lowest BCUT2D eigenvalue weighted by atomic mass is 9.75. The molecule has 0 saturated heterocycles. The van der Waals surface area contributed by atoms with E-state index in [2.05, 4.69) is 114 Å². The van der Waals surface area contributed by atoms with Crippen molar-refractivity contribution >= 4 is 5.82 Å². The molecule has 0 unspecified atom stereocenters. The zero-order chi connectivity index (χ0) is 20.4. The molecule has 3 aromatic carbocycles. The minimum atomic E-state index is -0.416. The van der Waals surface area contributed by atoms with Crippen LogP contribution >= 0.6 is 0 Å². The molecule has 3 heteroatoms. The van der Waals surface area contributed by atoms with Crippen molar-refractivity contribution in [3.05, 3.63) is 119 Å². The minimum Gasteiger partial charge on any atom is -0.337 e. The SMILES string of the molecule is CCCc1cnn2c1N(C(c1ccccc1)(c1ccccc1)c1ccccc1)CC2. The molecule has 0 fully saturated rings. The molecule has 4 aromatic rings. The molecule has 0 radical (unpaired) electrons. The molecule has 5 rings (SSSR count). The Labute approximate surface area is 178 Å². The van der Waals surface area contributed by atoms with E-state index in [0.29, 0.717) is 0 Å². The Morgan fingerprint density at radius 1 is 0.733 bits per heavy atom. The third-order valence-electron chi connectivity index (χ3n) is 6.17. The number of hydrogen-bond acceptors (Lipinski definition) is 2. The Morgan fingerprint density at radius 3 is 1.70 bits per heavy atom. The van der Waals surface area contributed by atoms with Gasteiger partial charge in [-0.25, -0.2) is 4.68 Å². The molecule has 0 N–H and O–H groups in total. The van der Waals surface area contributed by atoms with E-state index in [1.165, 1.54) is 28.1 Å². The second-order valence-electron chi connectivity index (χ2n) is 7.93. The molecular formula is C27H27N3. The third kappa shape index (κ3) is 2.85. The van der Waals surface area contributed by atoms with E-state index in [9.17, 15) is 0 Å². The Hall–Kier alpha value is -3.33. The summed E-state index contributed by atoms with van der Waals surface area (Å²) in [6.45, 7) is 4.08. The second-order valence-corrected chi connectivity index (χ2v) is 7.93. The molecule has 2 heterocycles. The highest BCUT2D eigenvalue weighted by atomic mass is 15.4. The van der Waals surface area contributed by atoms with Crippen molar-refractivity contribution in [3.63, 3.8) is 0 Å². The highest BCUT2D eigenvalue weighted by molar-refractivity contribution is 5.64. The number of aryl methyl sites for hydroxylation is 1. The third-order valence-corrected chi connectivity index (χ3v) is 6.17. The second kappa shape index (κ2) is 7.83. The van der Waals surface area contributed by atoms with E-state index in [1.54, 1.807) is 0 Å². The van der Waals surface area contributed by atoms with E-state index < -0.39 is 5.54 Å². The zero-order valence-corrected chi connectivity index (χ0v) is 17.4. The normalized spacial score (nSPS) is 13.4. The summed E-state index contributed by atoms with van der Waals surface area (Å²) in [6, 6.07) is 32.8. The molecule has 1 aliphatic heterocycles. The molecule has 1 aromatic heterocycles. The van der Waals surface area contributed by atoms with Crippen molar-refractivity contribution in [1.82, 2.24) is 9.78 Å². The number of hydrogen-bond donors (Lipinski definition) is 0. The van der Waals surface area contributed by atoms with Crippen molar-refractivity contribution in [3.8, 4) is 0 Å². The monoisotopic (exact) mass is 393 g/mol. The predicted molar refractivity (Wildman–Crippen MR) is 123 cm³/mol. The summed E-state index contributed by atoms with van der Waals surface area (Å²) in [5, 5.41) is 4.74. The number of fused-ring (bicyclic) bond motifs is 1. The van der Waals surface area contributed by atoms with Gasteiger partial charge in [-0.1, -0.05) is 104 Å². The van der Waals surface area contributed by atoms with Gasteiger partial charge in [0.05, 0.1) is 12.7 Å². The van der Waals surface area contributed by atoms with E-state index >= 15 is 0 Å². The van der Waals surface area contributed by atoms with Crippen LogP contribution in [0.5, 0.6) is 0 Å². The van der Waals surface area contributed by atoms with Crippen molar-refractivity contribution in [1.29, 1.82) is 0 Å². The van der Waals surface area contributed by atoms with Crippen LogP contribution in [-0.4, -0.2) is 16.3 Å². The lowest BCUT2D eigenvalue weighted by Gasteiger charge is -2.44. The van der Waals surface area contributed by atoms with Gasteiger partial charge in [0.1, 0.15) is 11.4 Å². The molecule has 0 aliphatic carbocycles. The van der Waals surface area contributed by atoms with Crippen molar-refractivity contribution in [2.75, 3.05) is 11.4 Å². The van der Waals surface area contributed by atoms with E-state index in [4.69, 9.17) is 5.10 Å². The van der Waals surface area contributed by atoms with Gasteiger partial charge >= 0.3 is 0 Å². The maximum Gasteiger partial charge on any atom is 0.131 e. The zero-order valence-electron chi connectivity index (χ0n) is 17.4. The maximum atomic E-state index is 4.74. The number of nitrogens with zero attached hydrogens (tertiary/aromatic N) is 3. The molecule has 150 valence electrons. The first-order valence-corrected chi connectivity index (χ1v) is 10.8. The van der Waals surface area contributed by atoms with Crippen molar-refractivity contribution < 1.29 is 0 Å². The molecule has 3 nitrogen and oxygen atoms in total. The summed E-state index contributed by atoms with van der Waals surface area (Å²) in [7, 11) is 0. The smallest absolute Gasteiger partial charge is 0.131 e. The van der Waals surface area contributed by atoms with Crippen LogP contribution in [-0.2, 0) is 18.5 Å². The van der Waals surface area contributed by atoms with E-state index in [0.717, 1.165) is 25.9 Å². The van der Waals surface area contributed by atoms with Crippen LogP contribution in [0.1, 0.15) is 35.6 Å². The Balaban J connectivity index is 1.84. The molecule has 0 bridgehead atoms. The Morgan fingerprint density at radius 2 is 1.23 bits per heavy atom. The molecule has 0 atom stereocenters. The number of aromatic nitrogens is 2. The number of anilines is 1. The first-order chi connectivity index (χ1) is 14.9. The minimum absolute atomic E-state index is 0.416. The summed E-state index contributed by atoms with van der Waals surface area (Å²) in [4.78, 5) is 2.59. The standard InChI is InChI=1S/C27H27N3/c1-2-12-22-21-28-30-20-19-29(26(22)30)27(23-13-6-3-7-14-23,24-15-8-4-9-16-24)25-17-10-5-11-18-25/h3-11,13-18,21H,2,12,19-20H2,1H3. The van der Waals surface area contributed by atoms with Crippen LogP contribution in [0, 0.1) is 0 Å². The van der Waals surface area contributed by atoms with Crippen LogP contribution < -0.4 is 4.90 Å². The fourth-order valence-corrected chi connectivity index (χ4v) is 4.97. The molecule has 0 spiro atoms. The summed E-state index contributed by atoms with van der Waals surface area (Å²) >= 11 is 0. The maximum absolute atomic E-state index is 4.74. The van der Waals surface area contributed by atoms with Crippen LogP contribution in [0.4, 0.5) is 5.82 Å². The predicted octanol–water partition coefficient (Wildman–Crippen LogP) is 5.65. The quantitative estimate of drug-likeness (QED) is 0.395. The van der Waals surface area contributed by atoms with E-state index in [1.807, 2.05) is 0 Å². The molecule has 30 heavy (non-hydrogen) atoms. The largest absolute Gasteiger partial charge is 0.337 e. The van der Waals surface area contributed by atoms with Crippen molar-refractivity contribution in [2.24, 2.45) is 0 Å². The summed E-state index contributed by atoms with van der Waals surface area (Å²) < 4.78 is 2.19. The fraction of sp³-hybridized carbons (Fsp3) is 0.222. The summed E-state index contributed by atoms with van der Waals surface area (Å²) in [6.07, 6.45) is 4.22. The fourth-order valence-electron chi connectivity index (χ4n) is 4.97. The molecular weight excluding hydrogens is 366 g/mol. The van der Waals surface area contributed by atoms with Gasteiger partial charge in [-0.2, -0.15) is 5.10 Å². The molecule has 0 saturated carbocycles. The number of rotatable bonds is 6.